The summed E-state index contributed by atoms with van der Waals surface area (Å²) in [5.74, 6) is 2.86. The van der Waals surface area contributed by atoms with Crippen LogP contribution in [0.4, 0.5) is 5.69 Å². The Hall–Kier alpha value is -7.56. The summed E-state index contributed by atoms with van der Waals surface area (Å²) in [7, 11) is 0. The fourth-order valence-electron chi connectivity index (χ4n) is 11.3. The van der Waals surface area contributed by atoms with Gasteiger partial charge in [-0.3, -0.25) is 0 Å². The second kappa shape index (κ2) is 19.8. The highest BCUT2D eigenvalue weighted by Crippen LogP contribution is 2.69. The first-order valence-electron chi connectivity index (χ1n) is 26.4. The van der Waals surface area contributed by atoms with Gasteiger partial charge in [0.1, 0.15) is 60.4 Å². The minimum Gasteiger partial charge on any atom is -0.493 e. The Labute approximate surface area is 460 Å². The molecule has 4 fully saturated rings. The van der Waals surface area contributed by atoms with Crippen LogP contribution in [0.15, 0.2) is 249 Å². The summed E-state index contributed by atoms with van der Waals surface area (Å²) < 4.78 is 26.2. The largest absolute Gasteiger partial charge is 0.493 e. The van der Waals surface area contributed by atoms with Crippen LogP contribution in [0, 0.1) is 5.41 Å². The maximum absolute atomic E-state index is 7.35. The van der Waals surface area contributed by atoms with Crippen LogP contribution >= 0.6 is 23.2 Å². The predicted octanol–water partition coefficient (Wildman–Crippen LogP) is 12.7. The van der Waals surface area contributed by atoms with Crippen molar-refractivity contribution in [2.45, 2.75) is 26.6 Å². The molecule has 0 aromatic heterocycles. The molecule has 9 aromatic rings. The van der Waals surface area contributed by atoms with Crippen molar-refractivity contribution in [1.29, 1.82) is 0 Å². The lowest BCUT2D eigenvalue weighted by molar-refractivity contribution is -0.00353. The van der Waals surface area contributed by atoms with Gasteiger partial charge in [-0.15, -0.1) is 0 Å². The molecule has 0 spiro atoms. The Balaban J connectivity index is 0.814. The van der Waals surface area contributed by atoms with Crippen LogP contribution in [0.1, 0.15) is 44.5 Å². The van der Waals surface area contributed by atoms with Crippen molar-refractivity contribution in [2.75, 3.05) is 51.0 Å². The molecule has 9 aromatic carbocycles. The van der Waals surface area contributed by atoms with E-state index >= 15 is 0 Å². The summed E-state index contributed by atoms with van der Waals surface area (Å²) in [4.78, 5) is 2.06. The van der Waals surface area contributed by atoms with Gasteiger partial charge in [-0.2, -0.15) is 0 Å². The fourth-order valence-corrected chi connectivity index (χ4v) is 12.3. The highest BCUT2D eigenvalue weighted by molar-refractivity contribution is 6.55. The molecule has 4 aliphatic heterocycles. The smallest absolute Gasteiger partial charge is 0.223 e. The van der Waals surface area contributed by atoms with Gasteiger partial charge in [0.2, 0.25) is 4.46 Å². The highest BCUT2D eigenvalue weighted by Gasteiger charge is 2.76. The van der Waals surface area contributed by atoms with E-state index < -0.39 is 15.4 Å². The number of nitrogens with one attached hydrogen (secondary N) is 3. The van der Waals surface area contributed by atoms with Crippen LogP contribution in [-0.2, 0) is 22.2 Å². The maximum atomic E-state index is 7.35. The van der Waals surface area contributed by atoms with Crippen molar-refractivity contribution in [3.63, 3.8) is 0 Å². The summed E-state index contributed by atoms with van der Waals surface area (Å²) >= 11 is 14.7. The molecule has 4 atom stereocenters. The van der Waals surface area contributed by atoms with Crippen molar-refractivity contribution in [2.24, 2.45) is 5.41 Å². The number of rotatable bonds is 21. The zero-order valence-electron chi connectivity index (χ0n) is 42.5. The molecule has 3 N–H and O–H groups in total. The molecular weight excluding hydrogens is 996 g/mol. The lowest BCUT2D eigenvalue weighted by atomic mass is 9.90. The molecule has 0 aliphatic carbocycles. The minimum absolute atomic E-state index is 0.193. The van der Waals surface area contributed by atoms with Crippen molar-refractivity contribution in [1.82, 2.24) is 16.0 Å². The van der Waals surface area contributed by atoms with E-state index in [1.807, 2.05) is 60.7 Å². The zero-order chi connectivity index (χ0) is 52.0. The predicted molar refractivity (Wildman–Crippen MR) is 306 cm³/mol. The Morgan fingerprint density at radius 3 is 0.844 bits per heavy atom. The number of hydrogen-bond acceptors (Lipinski definition) is 8. The third kappa shape index (κ3) is 9.08. The molecule has 384 valence electrons. The third-order valence-corrected chi connectivity index (χ3v) is 17.0. The van der Waals surface area contributed by atoms with E-state index in [-0.39, 0.29) is 43.0 Å². The molecule has 0 amide bonds. The summed E-state index contributed by atoms with van der Waals surface area (Å²) in [6.45, 7) is 3.47. The monoisotopic (exact) mass is 1050 g/mol. The molecule has 4 saturated heterocycles. The zero-order valence-corrected chi connectivity index (χ0v) is 44.0. The Morgan fingerprint density at radius 2 is 0.558 bits per heavy atom. The number of ether oxygens (including phenoxy) is 4. The fraction of sp³-hybridized carbons (Fsp3) is 0.194. The van der Waals surface area contributed by atoms with Crippen molar-refractivity contribution < 1.29 is 18.9 Å². The second-order valence-electron chi connectivity index (χ2n) is 20.9. The molecule has 0 radical (unpaired) electrons. The molecule has 4 unspecified atom stereocenters. The lowest BCUT2D eigenvalue weighted by Crippen LogP contribution is -2.45. The molecular formula is C67H58Cl2N4O4. The quantitative estimate of drug-likeness (QED) is 0.0371. The third-order valence-electron chi connectivity index (χ3n) is 16.1. The van der Waals surface area contributed by atoms with E-state index in [4.69, 9.17) is 42.1 Å². The maximum Gasteiger partial charge on any atom is 0.223 e. The molecule has 0 bridgehead atoms. The van der Waals surface area contributed by atoms with E-state index in [2.05, 4.69) is 209 Å². The summed E-state index contributed by atoms with van der Waals surface area (Å²) in [5, 5.41) is 10.9. The van der Waals surface area contributed by atoms with E-state index in [0.29, 0.717) is 5.75 Å². The van der Waals surface area contributed by atoms with Crippen LogP contribution in [0.5, 0.6) is 23.0 Å². The van der Waals surface area contributed by atoms with Gasteiger partial charge in [0.25, 0.3) is 0 Å². The van der Waals surface area contributed by atoms with E-state index in [1.165, 1.54) is 33.4 Å². The van der Waals surface area contributed by atoms with Gasteiger partial charge < -0.3 is 39.8 Å². The topological polar surface area (TPSA) is 106 Å². The molecule has 4 aliphatic rings. The Kier molecular flexibility index (Phi) is 12.6. The number of halogens is 2. The molecule has 0 saturated carbocycles. The average molecular weight is 1050 g/mol. The normalized spacial score (nSPS) is 23.2. The van der Waals surface area contributed by atoms with Crippen molar-refractivity contribution in [3.05, 3.63) is 293 Å². The van der Waals surface area contributed by atoms with Crippen LogP contribution in [0.25, 0.3) is 0 Å². The SMILES string of the molecule is ClC1(Cl)N(c2ccccc2)C1(c1ccccc1)c1ccc(OCC(COc2ccc(C3(c4ccccc4)CN3)cc2)(COc2ccc(C3(c4ccccc4)CN3)cc2)COc2ccc(C3(c4ccccc4)CN3)cc2)cc1. The summed E-state index contributed by atoms with van der Waals surface area (Å²) in [6, 6.07) is 85.4. The van der Waals surface area contributed by atoms with Crippen LogP contribution in [-0.4, -0.2) is 50.5 Å². The number of anilines is 1. The highest BCUT2D eigenvalue weighted by atomic mass is 35.5. The number of alkyl halides is 2. The number of benzene rings is 9. The summed E-state index contributed by atoms with van der Waals surface area (Å²) in [6.07, 6.45) is 0. The molecule has 8 nitrogen and oxygen atoms in total. The van der Waals surface area contributed by atoms with Gasteiger partial charge in [-0.1, -0.05) is 211 Å². The van der Waals surface area contributed by atoms with E-state index in [0.717, 1.165) is 53.7 Å². The van der Waals surface area contributed by atoms with Gasteiger partial charge in [-0.05, 0) is 105 Å². The lowest BCUT2D eigenvalue weighted by Gasteiger charge is -2.33. The number of hydrogen-bond donors (Lipinski definition) is 3. The van der Waals surface area contributed by atoms with Crippen LogP contribution in [0.3, 0.4) is 0 Å². The average Bonchev–Trinajstić information content (AvgIpc) is 4.49. The standard InChI is InChI=1S/C67H58Cl2N4O4/c68-67(69)66(55-22-12-4-13-23-55,73(67)57-24-14-5-15-25-57)56-32-40-61(41-33-56)77-48-62(45-74-58-34-26-52(27-35-58)63(42-70-63)49-16-6-1-7-17-49,46-75-59-36-28-53(29-37-59)64(43-71-64)50-18-8-2-9-19-50)47-76-60-38-30-54(31-39-60)65(44-72-65)51-20-10-3-11-21-51/h1-41,70-72H,42-48H2. The first-order chi connectivity index (χ1) is 37.8. The number of nitrogens with zero attached hydrogens (tertiary/aromatic N) is 1. The Morgan fingerprint density at radius 1 is 0.325 bits per heavy atom. The van der Waals surface area contributed by atoms with Crippen LogP contribution < -0.4 is 39.8 Å². The Bertz CT molecular complexity index is 3190. The summed E-state index contributed by atoms with van der Waals surface area (Å²) in [5.41, 5.74) is 7.81. The van der Waals surface area contributed by atoms with Gasteiger partial charge in [0, 0.05) is 25.3 Å². The molecule has 13 rings (SSSR count). The minimum atomic E-state index is -1.25. The van der Waals surface area contributed by atoms with Crippen molar-refractivity contribution >= 4 is 28.9 Å². The van der Waals surface area contributed by atoms with E-state index in [9.17, 15) is 0 Å². The van der Waals surface area contributed by atoms with Crippen LogP contribution in [0.2, 0.25) is 0 Å². The van der Waals surface area contributed by atoms with Gasteiger partial charge >= 0.3 is 0 Å². The van der Waals surface area contributed by atoms with Gasteiger partial charge in [0.05, 0.1) is 16.6 Å². The molecule has 4 heterocycles. The second-order valence-corrected chi connectivity index (χ2v) is 22.2. The van der Waals surface area contributed by atoms with Gasteiger partial charge in [0.15, 0.2) is 0 Å². The van der Waals surface area contributed by atoms with Crippen molar-refractivity contribution in [3.8, 4) is 23.0 Å². The molecule has 77 heavy (non-hydrogen) atoms. The number of para-hydroxylation sites is 1. The molecule has 10 heteroatoms. The first-order valence-corrected chi connectivity index (χ1v) is 27.2. The van der Waals surface area contributed by atoms with E-state index in [1.54, 1.807) is 0 Å². The van der Waals surface area contributed by atoms with Gasteiger partial charge in [-0.25, -0.2) is 0 Å². The first kappa shape index (κ1) is 49.0.